The SMILES string of the molecule is Cc1cc([N+](=O)[O-])ccc1C#Cc1ccccc1. The zero-order valence-corrected chi connectivity index (χ0v) is 9.88. The largest absolute Gasteiger partial charge is 0.269 e. The minimum Gasteiger partial charge on any atom is -0.258 e. The van der Waals surface area contributed by atoms with E-state index in [1.165, 1.54) is 12.1 Å². The Balaban J connectivity index is 2.31. The smallest absolute Gasteiger partial charge is 0.258 e. The zero-order valence-electron chi connectivity index (χ0n) is 9.88. The number of nitro benzene ring substituents is 1. The van der Waals surface area contributed by atoms with Crippen LogP contribution in [0.4, 0.5) is 5.69 Å². The van der Waals surface area contributed by atoms with E-state index in [4.69, 9.17) is 0 Å². The normalized spacial score (nSPS) is 9.39. The number of nitrogens with zero attached hydrogens (tertiary/aromatic N) is 1. The molecule has 0 bridgehead atoms. The molecule has 18 heavy (non-hydrogen) atoms. The van der Waals surface area contributed by atoms with Crippen LogP contribution in [0, 0.1) is 28.9 Å². The van der Waals surface area contributed by atoms with E-state index in [1.807, 2.05) is 37.3 Å². The number of rotatable bonds is 1. The van der Waals surface area contributed by atoms with E-state index in [0.29, 0.717) is 0 Å². The lowest BCUT2D eigenvalue weighted by Crippen LogP contribution is -1.90. The molecular formula is C15H11NO2. The first kappa shape index (κ1) is 11.9. The summed E-state index contributed by atoms with van der Waals surface area (Å²) in [5, 5.41) is 10.6. The van der Waals surface area contributed by atoms with Crippen molar-refractivity contribution >= 4 is 5.69 Å². The maximum Gasteiger partial charge on any atom is 0.269 e. The highest BCUT2D eigenvalue weighted by atomic mass is 16.6. The summed E-state index contributed by atoms with van der Waals surface area (Å²) < 4.78 is 0. The fraction of sp³-hybridized carbons (Fsp3) is 0.0667. The van der Waals surface area contributed by atoms with Crippen molar-refractivity contribution in [3.05, 3.63) is 75.3 Å². The van der Waals surface area contributed by atoms with E-state index in [9.17, 15) is 10.1 Å². The Morgan fingerprint density at radius 1 is 1.06 bits per heavy atom. The van der Waals surface area contributed by atoms with Crippen molar-refractivity contribution in [2.24, 2.45) is 0 Å². The summed E-state index contributed by atoms with van der Waals surface area (Å²) in [5.41, 5.74) is 2.64. The topological polar surface area (TPSA) is 43.1 Å². The first-order valence-corrected chi connectivity index (χ1v) is 5.49. The van der Waals surface area contributed by atoms with Gasteiger partial charge in [0.15, 0.2) is 0 Å². The van der Waals surface area contributed by atoms with Gasteiger partial charge < -0.3 is 0 Å². The fourth-order valence-corrected chi connectivity index (χ4v) is 1.56. The lowest BCUT2D eigenvalue weighted by molar-refractivity contribution is -0.384. The van der Waals surface area contributed by atoms with E-state index in [2.05, 4.69) is 11.8 Å². The Morgan fingerprint density at radius 3 is 2.39 bits per heavy atom. The van der Waals surface area contributed by atoms with Crippen LogP contribution in [-0.2, 0) is 0 Å². The van der Waals surface area contributed by atoms with Crippen LogP contribution >= 0.6 is 0 Å². The Labute approximate surface area is 105 Å². The fourth-order valence-electron chi connectivity index (χ4n) is 1.56. The van der Waals surface area contributed by atoms with E-state index >= 15 is 0 Å². The highest BCUT2D eigenvalue weighted by molar-refractivity contribution is 5.49. The number of benzene rings is 2. The molecule has 0 fully saturated rings. The third kappa shape index (κ3) is 2.74. The number of aryl methyl sites for hydroxylation is 1. The molecule has 2 aromatic carbocycles. The van der Waals surface area contributed by atoms with Crippen LogP contribution in [0.25, 0.3) is 0 Å². The van der Waals surface area contributed by atoms with Gasteiger partial charge in [0.05, 0.1) is 4.92 Å². The number of nitro groups is 1. The molecule has 2 aromatic rings. The van der Waals surface area contributed by atoms with Crippen LogP contribution in [0.2, 0.25) is 0 Å². The molecule has 3 nitrogen and oxygen atoms in total. The van der Waals surface area contributed by atoms with Gasteiger partial charge in [0, 0.05) is 23.3 Å². The first-order chi connectivity index (χ1) is 8.66. The molecule has 0 aliphatic rings. The van der Waals surface area contributed by atoms with Crippen LogP contribution in [-0.4, -0.2) is 4.92 Å². The highest BCUT2D eigenvalue weighted by Gasteiger charge is 2.06. The lowest BCUT2D eigenvalue weighted by atomic mass is 10.1. The molecule has 88 valence electrons. The van der Waals surface area contributed by atoms with E-state index in [0.717, 1.165) is 16.7 Å². The summed E-state index contributed by atoms with van der Waals surface area (Å²) in [7, 11) is 0. The molecule has 3 heteroatoms. The van der Waals surface area contributed by atoms with Gasteiger partial charge in [-0.3, -0.25) is 10.1 Å². The monoisotopic (exact) mass is 237 g/mol. The molecule has 0 aromatic heterocycles. The van der Waals surface area contributed by atoms with Gasteiger partial charge in [-0.2, -0.15) is 0 Å². The summed E-state index contributed by atoms with van der Waals surface area (Å²) in [4.78, 5) is 10.2. The molecule has 0 aliphatic heterocycles. The third-order valence-corrected chi connectivity index (χ3v) is 2.54. The first-order valence-electron chi connectivity index (χ1n) is 5.49. The molecule has 0 saturated carbocycles. The van der Waals surface area contributed by atoms with Gasteiger partial charge >= 0.3 is 0 Å². The van der Waals surface area contributed by atoms with Crippen molar-refractivity contribution in [2.75, 3.05) is 0 Å². The molecule has 0 aliphatic carbocycles. The van der Waals surface area contributed by atoms with Gasteiger partial charge in [0.2, 0.25) is 0 Å². The molecule has 0 atom stereocenters. The van der Waals surface area contributed by atoms with Gasteiger partial charge in [-0.15, -0.1) is 0 Å². The van der Waals surface area contributed by atoms with E-state index in [-0.39, 0.29) is 5.69 Å². The quantitative estimate of drug-likeness (QED) is 0.434. The maximum absolute atomic E-state index is 10.6. The second-order valence-electron chi connectivity index (χ2n) is 3.87. The van der Waals surface area contributed by atoms with Crippen LogP contribution in [0.3, 0.4) is 0 Å². The summed E-state index contributed by atoms with van der Waals surface area (Å²) >= 11 is 0. The van der Waals surface area contributed by atoms with Crippen LogP contribution in [0.15, 0.2) is 48.5 Å². The van der Waals surface area contributed by atoms with Crippen molar-refractivity contribution in [3.63, 3.8) is 0 Å². The summed E-state index contributed by atoms with van der Waals surface area (Å²) in [6.07, 6.45) is 0. The van der Waals surface area contributed by atoms with Gasteiger partial charge in [-0.05, 0) is 30.7 Å². The molecule has 0 spiro atoms. The third-order valence-electron chi connectivity index (χ3n) is 2.54. The second-order valence-corrected chi connectivity index (χ2v) is 3.87. The summed E-state index contributed by atoms with van der Waals surface area (Å²) in [6.45, 7) is 1.82. The number of non-ortho nitro benzene ring substituents is 1. The lowest BCUT2D eigenvalue weighted by Gasteiger charge is -1.97. The van der Waals surface area contributed by atoms with Crippen LogP contribution in [0.1, 0.15) is 16.7 Å². The molecule has 0 N–H and O–H groups in total. The standard InChI is InChI=1S/C15H11NO2/c1-12-11-15(16(17)18)10-9-14(12)8-7-13-5-3-2-4-6-13/h2-6,9-11H,1H3. The van der Waals surface area contributed by atoms with Crippen molar-refractivity contribution in [3.8, 4) is 11.8 Å². The van der Waals surface area contributed by atoms with Crippen LogP contribution < -0.4 is 0 Å². The molecule has 0 radical (unpaired) electrons. The predicted molar refractivity (Wildman–Crippen MR) is 70.3 cm³/mol. The van der Waals surface area contributed by atoms with Gasteiger partial charge in [-0.1, -0.05) is 30.0 Å². The van der Waals surface area contributed by atoms with Crippen molar-refractivity contribution in [1.29, 1.82) is 0 Å². The Hall–Kier alpha value is -2.60. The summed E-state index contributed by atoms with van der Waals surface area (Å²) in [6, 6.07) is 14.3. The molecular weight excluding hydrogens is 226 g/mol. The van der Waals surface area contributed by atoms with Gasteiger partial charge in [0.25, 0.3) is 5.69 Å². The zero-order chi connectivity index (χ0) is 13.0. The number of hydrogen-bond donors (Lipinski definition) is 0. The number of hydrogen-bond acceptors (Lipinski definition) is 2. The second kappa shape index (κ2) is 5.15. The molecule has 0 amide bonds. The Kier molecular flexibility index (Phi) is 3.40. The van der Waals surface area contributed by atoms with E-state index < -0.39 is 4.92 Å². The highest BCUT2D eigenvalue weighted by Crippen LogP contribution is 2.16. The Bertz CT molecular complexity index is 637. The van der Waals surface area contributed by atoms with Gasteiger partial charge in [0.1, 0.15) is 0 Å². The Morgan fingerprint density at radius 2 is 1.78 bits per heavy atom. The minimum atomic E-state index is -0.401. The molecule has 0 heterocycles. The summed E-state index contributed by atoms with van der Waals surface area (Å²) in [5.74, 6) is 6.05. The average molecular weight is 237 g/mol. The van der Waals surface area contributed by atoms with Gasteiger partial charge in [-0.25, -0.2) is 0 Å². The van der Waals surface area contributed by atoms with Crippen molar-refractivity contribution < 1.29 is 4.92 Å². The molecule has 2 rings (SSSR count). The van der Waals surface area contributed by atoms with E-state index in [1.54, 1.807) is 6.07 Å². The molecule has 0 saturated heterocycles. The molecule has 0 unspecified atom stereocenters. The maximum atomic E-state index is 10.6. The predicted octanol–water partition coefficient (Wildman–Crippen LogP) is 3.30. The van der Waals surface area contributed by atoms with Crippen molar-refractivity contribution in [2.45, 2.75) is 6.92 Å². The van der Waals surface area contributed by atoms with Crippen LogP contribution in [0.5, 0.6) is 0 Å². The average Bonchev–Trinajstić information content (AvgIpc) is 2.38. The van der Waals surface area contributed by atoms with Crippen molar-refractivity contribution in [1.82, 2.24) is 0 Å². The minimum absolute atomic E-state index is 0.0951.